The highest BCUT2D eigenvalue weighted by molar-refractivity contribution is 5.89. The van der Waals surface area contributed by atoms with Crippen LogP contribution in [0.3, 0.4) is 0 Å². The Hall–Kier alpha value is -1.55. The summed E-state index contributed by atoms with van der Waals surface area (Å²) in [5.41, 5.74) is 1.89. The van der Waals surface area contributed by atoms with Gasteiger partial charge in [0.1, 0.15) is 5.54 Å². The largest absolute Gasteiger partial charge is 0.371 e. The van der Waals surface area contributed by atoms with Crippen molar-refractivity contribution in [2.45, 2.75) is 51.0 Å². The summed E-state index contributed by atoms with van der Waals surface area (Å²) >= 11 is 0. The molecule has 0 aromatic heterocycles. The summed E-state index contributed by atoms with van der Waals surface area (Å²) in [4.78, 5) is 15.2. The fourth-order valence-electron chi connectivity index (χ4n) is 4.20. The summed E-state index contributed by atoms with van der Waals surface area (Å²) in [6, 6.07) is 8.39. The SMILES string of the molecule is Cc1ccc(NC2(C(=O)N(C)C[C@@H]3CCCNC3)CCCC2)cc1. The Bertz CT molecular complexity index is 543. The Kier molecular flexibility index (Phi) is 5.44. The lowest BCUT2D eigenvalue weighted by Crippen LogP contribution is -2.53. The molecular weight excluding hydrogens is 298 g/mol. The van der Waals surface area contributed by atoms with Crippen LogP contribution in [0.25, 0.3) is 0 Å². The Balaban J connectivity index is 1.68. The minimum atomic E-state index is -0.411. The van der Waals surface area contributed by atoms with Crippen molar-refractivity contribution in [1.29, 1.82) is 0 Å². The normalized spacial score (nSPS) is 23.0. The average Bonchev–Trinajstić information content (AvgIpc) is 3.07. The molecule has 1 aromatic rings. The molecule has 4 nitrogen and oxygen atoms in total. The number of hydrogen-bond donors (Lipinski definition) is 2. The van der Waals surface area contributed by atoms with Crippen molar-refractivity contribution < 1.29 is 4.79 Å². The summed E-state index contributed by atoms with van der Waals surface area (Å²) in [7, 11) is 1.98. The van der Waals surface area contributed by atoms with Crippen LogP contribution in [-0.2, 0) is 4.79 Å². The summed E-state index contributed by atoms with van der Waals surface area (Å²) < 4.78 is 0. The first-order valence-electron chi connectivity index (χ1n) is 9.40. The van der Waals surface area contributed by atoms with Gasteiger partial charge < -0.3 is 15.5 Å². The minimum Gasteiger partial charge on any atom is -0.371 e. The monoisotopic (exact) mass is 329 g/mol. The summed E-state index contributed by atoms with van der Waals surface area (Å²) in [5, 5.41) is 7.04. The first-order valence-corrected chi connectivity index (χ1v) is 9.40. The maximum atomic E-state index is 13.3. The molecule has 2 aliphatic rings. The molecule has 1 aliphatic heterocycles. The van der Waals surface area contributed by atoms with Gasteiger partial charge >= 0.3 is 0 Å². The van der Waals surface area contributed by atoms with Crippen molar-refractivity contribution in [3.63, 3.8) is 0 Å². The van der Waals surface area contributed by atoms with Crippen LogP contribution in [0.1, 0.15) is 44.1 Å². The molecule has 1 amide bonds. The fourth-order valence-corrected chi connectivity index (χ4v) is 4.20. The molecule has 1 saturated carbocycles. The average molecular weight is 329 g/mol. The predicted molar refractivity (Wildman–Crippen MR) is 99.2 cm³/mol. The van der Waals surface area contributed by atoms with Crippen molar-refractivity contribution in [2.75, 3.05) is 32.0 Å². The van der Waals surface area contributed by atoms with E-state index in [0.29, 0.717) is 5.92 Å². The molecular formula is C20H31N3O. The number of rotatable bonds is 5. The summed E-state index contributed by atoms with van der Waals surface area (Å²) in [6.45, 7) is 5.11. The van der Waals surface area contributed by atoms with Gasteiger partial charge in [-0.25, -0.2) is 0 Å². The molecule has 1 aliphatic carbocycles. The van der Waals surface area contributed by atoms with E-state index in [1.807, 2.05) is 11.9 Å². The number of nitrogens with one attached hydrogen (secondary N) is 2. The zero-order valence-electron chi connectivity index (χ0n) is 15.1. The van der Waals surface area contributed by atoms with E-state index in [4.69, 9.17) is 0 Å². The second-order valence-electron chi connectivity index (χ2n) is 7.68. The smallest absolute Gasteiger partial charge is 0.247 e. The molecule has 1 aromatic carbocycles. The van der Waals surface area contributed by atoms with E-state index >= 15 is 0 Å². The van der Waals surface area contributed by atoms with Gasteiger partial charge in [-0.05, 0) is 63.7 Å². The maximum Gasteiger partial charge on any atom is 0.247 e. The molecule has 1 saturated heterocycles. The molecule has 3 rings (SSSR count). The van der Waals surface area contributed by atoms with Crippen molar-refractivity contribution in [2.24, 2.45) is 5.92 Å². The lowest BCUT2D eigenvalue weighted by molar-refractivity contribution is -0.135. The van der Waals surface area contributed by atoms with E-state index in [2.05, 4.69) is 41.8 Å². The lowest BCUT2D eigenvalue weighted by atomic mass is 9.93. The van der Waals surface area contributed by atoms with Crippen LogP contribution in [0.2, 0.25) is 0 Å². The number of carbonyl (C=O) groups is 1. The molecule has 1 heterocycles. The summed E-state index contributed by atoms with van der Waals surface area (Å²) in [5.74, 6) is 0.858. The van der Waals surface area contributed by atoms with Gasteiger partial charge in [-0.3, -0.25) is 4.79 Å². The van der Waals surface area contributed by atoms with E-state index in [0.717, 1.165) is 51.0 Å². The zero-order chi connectivity index (χ0) is 17.0. The second kappa shape index (κ2) is 7.56. The minimum absolute atomic E-state index is 0.270. The van der Waals surface area contributed by atoms with Gasteiger partial charge in [-0.1, -0.05) is 30.5 Å². The van der Waals surface area contributed by atoms with Gasteiger partial charge in [0.2, 0.25) is 5.91 Å². The van der Waals surface area contributed by atoms with E-state index in [1.165, 1.54) is 18.4 Å². The van der Waals surface area contributed by atoms with E-state index in [-0.39, 0.29) is 5.91 Å². The number of amides is 1. The number of hydrogen-bond acceptors (Lipinski definition) is 3. The molecule has 0 bridgehead atoms. The van der Waals surface area contributed by atoms with E-state index in [1.54, 1.807) is 0 Å². The highest BCUT2D eigenvalue weighted by atomic mass is 16.2. The van der Waals surface area contributed by atoms with Crippen LogP contribution in [0.4, 0.5) is 5.69 Å². The third-order valence-electron chi connectivity index (χ3n) is 5.58. The molecule has 1 atom stereocenters. The number of benzene rings is 1. The molecule has 2 fully saturated rings. The van der Waals surface area contributed by atoms with Gasteiger partial charge in [0.25, 0.3) is 0 Å². The molecule has 132 valence electrons. The molecule has 24 heavy (non-hydrogen) atoms. The number of anilines is 1. The third kappa shape index (κ3) is 3.92. The van der Waals surface area contributed by atoms with Gasteiger partial charge in [0, 0.05) is 19.3 Å². The van der Waals surface area contributed by atoms with E-state index in [9.17, 15) is 4.79 Å². The Morgan fingerprint density at radius 1 is 1.25 bits per heavy atom. The van der Waals surface area contributed by atoms with Crippen LogP contribution in [0.5, 0.6) is 0 Å². The molecule has 0 radical (unpaired) electrons. The first-order chi connectivity index (χ1) is 11.6. The number of aryl methyl sites for hydroxylation is 1. The number of likely N-dealkylation sites (N-methyl/N-ethyl adjacent to an activating group) is 1. The van der Waals surface area contributed by atoms with Crippen molar-refractivity contribution in [1.82, 2.24) is 10.2 Å². The van der Waals surface area contributed by atoms with Gasteiger partial charge in [-0.2, -0.15) is 0 Å². The Morgan fingerprint density at radius 3 is 2.58 bits per heavy atom. The van der Waals surface area contributed by atoms with Gasteiger partial charge in [0.05, 0.1) is 0 Å². The highest BCUT2D eigenvalue weighted by Gasteiger charge is 2.43. The van der Waals surface area contributed by atoms with Crippen molar-refractivity contribution in [3.05, 3.63) is 29.8 Å². The fraction of sp³-hybridized carbons (Fsp3) is 0.650. The first kappa shape index (κ1) is 17.3. The molecule has 2 N–H and O–H groups in total. The van der Waals surface area contributed by atoms with Crippen LogP contribution >= 0.6 is 0 Å². The number of nitrogens with zero attached hydrogens (tertiary/aromatic N) is 1. The Morgan fingerprint density at radius 2 is 1.96 bits per heavy atom. The molecule has 0 spiro atoms. The Labute approximate surface area is 146 Å². The van der Waals surface area contributed by atoms with Crippen LogP contribution < -0.4 is 10.6 Å². The van der Waals surface area contributed by atoms with Crippen molar-refractivity contribution in [3.8, 4) is 0 Å². The highest BCUT2D eigenvalue weighted by Crippen LogP contribution is 2.35. The number of piperidine rings is 1. The van der Waals surface area contributed by atoms with Gasteiger partial charge in [0.15, 0.2) is 0 Å². The quantitative estimate of drug-likeness (QED) is 0.872. The number of carbonyl (C=O) groups excluding carboxylic acids is 1. The topological polar surface area (TPSA) is 44.4 Å². The van der Waals surface area contributed by atoms with E-state index < -0.39 is 5.54 Å². The third-order valence-corrected chi connectivity index (χ3v) is 5.58. The molecule has 4 heteroatoms. The van der Waals surface area contributed by atoms with Crippen LogP contribution in [-0.4, -0.2) is 43.0 Å². The standard InChI is InChI=1S/C20H31N3O/c1-16-7-9-18(10-8-16)22-20(11-3-4-12-20)19(24)23(2)15-17-6-5-13-21-14-17/h7-10,17,21-22H,3-6,11-15H2,1-2H3/t17-/m1/s1. The zero-order valence-corrected chi connectivity index (χ0v) is 15.1. The van der Waals surface area contributed by atoms with Gasteiger partial charge in [-0.15, -0.1) is 0 Å². The summed E-state index contributed by atoms with van der Waals surface area (Å²) in [6.07, 6.45) is 6.58. The van der Waals surface area contributed by atoms with Crippen molar-refractivity contribution >= 4 is 11.6 Å². The van der Waals surface area contributed by atoms with Crippen LogP contribution in [0, 0.1) is 12.8 Å². The predicted octanol–water partition coefficient (Wildman–Crippen LogP) is 3.18. The van der Waals surface area contributed by atoms with Crippen LogP contribution in [0.15, 0.2) is 24.3 Å². The molecule has 0 unspecified atom stereocenters. The second-order valence-corrected chi connectivity index (χ2v) is 7.68. The lowest BCUT2D eigenvalue weighted by Gasteiger charge is -2.36. The maximum absolute atomic E-state index is 13.3.